The van der Waals surface area contributed by atoms with Gasteiger partial charge in [0.2, 0.25) is 0 Å². The zero-order valence-electron chi connectivity index (χ0n) is 21.5. The highest BCUT2D eigenvalue weighted by atomic mass is 16.3. The summed E-state index contributed by atoms with van der Waals surface area (Å²) in [4.78, 5) is 14.6. The molecule has 5 heteroatoms. The summed E-state index contributed by atoms with van der Waals surface area (Å²) in [5, 5.41) is 10.8. The fraction of sp³-hybridized carbons (Fsp3) is 0. The van der Waals surface area contributed by atoms with E-state index in [-0.39, 0.29) is 5.75 Å². The van der Waals surface area contributed by atoms with E-state index >= 15 is 0 Å². The minimum Gasteiger partial charge on any atom is -0.507 e. The third kappa shape index (κ3) is 4.20. The van der Waals surface area contributed by atoms with Gasteiger partial charge in [-0.25, -0.2) is 4.98 Å². The Hall–Kier alpha value is -5.55. The number of hydrogen-bond acceptors (Lipinski definition) is 4. The summed E-state index contributed by atoms with van der Waals surface area (Å²) in [6, 6.07) is 42.0. The van der Waals surface area contributed by atoms with Gasteiger partial charge in [-0.2, -0.15) is 0 Å². The molecule has 0 aliphatic carbocycles. The third-order valence-corrected chi connectivity index (χ3v) is 7.01. The number of aromatic hydroxyl groups is 1. The van der Waals surface area contributed by atoms with Gasteiger partial charge in [-0.3, -0.25) is 14.5 Å². The van der Waals surface area contributed by atoms with Gasteiger partial charge in [0.25, 0.3) is 0 Å². The van der Waals surface area contributed by atoms with Crippen LogP contribution in [0.4, 0.5) is 0 Å². The van der Waals surface area contributed by atoms with Crippen LogP contribution in [0.25, 0.3) is 61.8 Å². The Kier molecular flexibility index (Phi) is 5.87. The average molecular weight is 517 g/mol. The van der Waals surface area contributed by atoms with Crippen molar-refractivity contribution in [3.05, 3.63) is 140 Å². The van der Waals surface area contributed by atoms with E-state index in [9.17, 15) is 5.11 Å². The number of para-hydroxylation sites is 2. The second kappa shape index (κ2) is 9.97. The second-order valence-electron chi connectivity index (χ2n) is 9.53. The summed E-state index contributed by atoms with van der Waals surface area (Å²) in [6.07, 6.45) is 3.63. The molecule has 0 atom stereocenters. The predicted octanol–water partition coefficient (Wildman–Crippen LogP) is 8.19. The average Bonchev–Trinajstić information content (AvgIpc) is 3.42. The molecule has 190 valence electrons. The smallest absolute Gasteiger partial charge is 0.149 e. The lowest BCUT2D eigenvalue weighted by Crippen LogP contribution is -1.97. The Bertz CT molecular complexity index is 1890. The van der Waals surface area contributed by atoms with Crippen LogP contribution in [0.1, 0.15) is 0 Å². The van der Waals surface area contributed by atoms with Crippen molar-refractivity contribution < 1.29 is 5.11 Å². The van der Waals surface area contributed by atoms with Crippen molar-refractivity contribution in [2.75, 3.05) is 0 Å². The van der Waals surface area contributed by atoms with Crippen LogP contribution in [0.2, 0.25) is 0 Å². The maximum atomic E-state index is 10.8. The molecule has 40 heavy (non-hydrogen) atoms. The van der Waals surface area contributed by atoms with Crippen LogP contribution in [0.5, 0.6) is 5.75 Å². The zero-order chi connectivity index (χ0) is 26.9. The molecule has 0 fully saturated rings. The molecule has 4 aromatic carbocycles. The normalized spacial score (nSPS) is 11.1. The molecule has 0 saturated heterocycles. The van der Waals surface area contributed by atoms with E-state index in [1.165, 1.54) is 0 Å². The molecule has 0 amide bonds. The van der Waals surface area contributed by atoms with E-state index in [2.05, 4.69) is 39.9 Å². The van der Waals surface area contributed by atoms with E-state index in [0.29, 0.717) is 11.4 Å². The molecule has 7 aromatic rings. The van der Waals surface area contributed by atoms with Crippen LogP contribution < -0.4 is 0 Å². The Labute approximate surface area is 231 Å². The highest BCUT2D eigenvalue weighted by Crippen LogP contribution is 2.38. The number of fused-ring (bicyclic) bond motifs is 1. The first-order valence-corrected chi connectivity index (χ1v) is 13.1. The number of rotatable bonds is 5. The number of phenolic OH excluding ortho intramolecular Hbond substituents is 1. The van der Waals surface area contributed by atoms with Crippen molar-refractivity contribution in [3.63, 3.8) is 0 Å². The molecule has 3 heterocycles. The van der Waals surface area contributed by atoms with Crippen LogP contribution in [-0.4, -0.2) is 24.6 Å². The Morgan fingerprint density at radius 3 is 2.02 bits per heavy atom. The Balaban J connectivity index is 1.52. The molecule has 3 aromatic heterocycles. The summed E-state index contributed by atoms with van der Waals surface area (Å²) < 4.78 is 2.08. The van der Waals surface area contributed by atoms with E-state index < -0.39 is 0 Å². The first-order chi connectivity index (χ1) is 19.8. The van der Waals surface area contributed by atoms with Crippen molar-refractivity contribution in [1.29, 1.82) is 0 Å². The van der Waals surface area contributed by atoms with E-state index in [0.717, 1.165) is 50.4 Å². The van der Waals surface area contributed by atoms with Gasteiger partial charge < -0.3 is 5.11 Å². The number of hydrogen-bond donors (Lipinski definition) is 1. The lowest BCUT2D eigenvalue weighted by atomic mass is 9.96. The number of imidazole rings is 1. The number of aromatic nitrogens is 4. The van der Waals surface area contributed by atoms with Gasteiger partial charge in [0.05, 0.1) is 22.5 Å². The van der Waals surface area contributed by atoms with Crippen LogP contribution in [0, 0.1) is 0 Å². The highest BCUT2D eigenvalue weighted by molar-refractivity contribution is 5.95. The fourth-order valence-electron chi connectivity index (χ4n) is 5.14. The van der Waals surface area contributed by atoms with Gasteiger partial charge in [0, 0.05) is 29.2 Å². The van der Waals surface area contributed by atoms with Gasteiger partial charge in [0.15, 0.2) is 0 Å². The standard InChI is InChI=1S/C35H24N4O/c40-32-17-8-7-15-29(32)35-38-34-31(39(35)28-13-5-2-6-14-28)18-20-37-33(34)27-22-25(24-11-3-1-4-12-24)21-26(23-27)30-16-9-10-19-36-30/h1-23,40H. The van der Waals surface area contributed by atoms with Crippen molar-refractivity contribution in [2.45, 2.75) is 0 Å². The maximum Gasteiger partial charge on any atom is 0.149 e. The highest BCUT2D eigenvalue weighted by Gasteiger charge is 2.20. The van der Waals surface area contributed by atoms with Crippen LogP contribution in [0.3, 0.4) is 0 Å². The van der Waals surface area contributed by atoms with Crippen molar-refractivity contribution in [2.24, 2.45) is 0 Å². The molecule has 0 radical (unpaired) electrons. The van der Waals surface area contributed by atoms with Crippen LogP contribution >= 0.6 is 0 Å². The maximum absolute atomic E-state index is 10.8. The number of pyridine rings is 2. The molecule has 0 spiro atoms. The van der Waals surface area contributed by atoms with Gasteiger partial charge in [-0.15, -0.1) is 0 Å². The minimum absolute atomic E-state index is 0.174. The van der Waals surface area contributed by atoms with E-state index in [1.54, 1.807) is 6.07 Å². The first kappa shape index (κ1) is 23.6. The number of benzene rings is 4. The minimum atomic E-state index is 0.174. The molecular formula is C35H24N4O. The molecule has 7 rings (SSSR count). The van der Waals surface area contributed by atoms with E-state index in [1.807, 2.05) is 103 Å². The van der Waals surface area contributed by atoms with E-state index in [4.69, 9.17) is 9.97 Å². The molecule has 0 aliphatic rings. The molecule has 0 bridgehead atoms. The van der Waals surface area contributed by atoms with Crippen molar-refractivity contribution in [3.8, 4) is 56.5 Å². The van der Waals surface area contributed by atoms with Gasteiger partial charge in [-0.05, 0) is 71.8 Å². The molecule has 5 nitrogen and oxygen atoms in total. The van der Waals surface area contributed by atoms with Crippen molar-refractivity contribution >= 4 is 11.0 Å². The largest absolute Gasteiger partial charge is 0.507 e. The lowest BCUT2D eigenvalue weighted by Gasteiger charge is -2.11. The quantitative estimate of drug-likeness (QED) is 0.250. The number of nitrogens with zero attached hydrogens (tertiary/aromatic N) is 4. The topological polar surface area (TPSA) is 63.8 Å². The molecule has 0 aliphatic heterocycles. The summed E-state index contributed by atoms with van der Waals surface area (Å²) in [7, 11) is 0. The molecule has 0 saturated carbocycles. The summed E-state index contributed by atoms with van der Waals surface area (Å²) >= 11 is 0. The lowest BCUT2D eigenvalue weighted by molar-refractivity contribution is 0.477. The Morgan fingerprint density at radius 1 is 0.550 bits per heavy atom. The first-order valence-electron chi connectivity index (χ1n) is 13.1. The van der Waals surface area contributed by atoms with Gasteiger partial charge >= 0.3 is 0 Å². The molecule has 1 N–H and O–H groups in total. The van der Waals surface area contributed by atoms with Gasteiger partial charge in [-0.1, -0.05) is 66.7 Å². The van der Waals surface area contributed by atoms with Gasteiger partial charge in [0.1, 0.15) is 17.1 Å². The van der Waals surface area contributed by atoms with Crippen LogP contribution in [-0.2, 0) is 0 Å². The van der Waals surface area contributed by atoms with Crippen molar-refractivity contribution in [1.82, 2.24) is 19.5 Å². The SMILES string of the molecule is Oc1ccccc1-c1nc2c(-c3cc(-c4ccccc4)cc(-c4ccccn4)c3)nccc2n1-c1ccccc1. The molecule has 0 unspecified atom stereocenters. The zero-order valence-corrected chi connectivity index (χ0v) is 21.5. The number of phenols is 1. The third-order valence-electron chi connectivity index (χ3n) is 7.01. The summed E-state index contributed by atoms with van der Waals surface area (Å²) in [5.41, 5.74) is 9.03. The van der Waals surface area contributed by atoms with Crippen LogP contribution in [0.15, 0.2) is 140 Å². The summed E-state index contributed by atoms with van der Waals surface area (Å²) in [5.74, 6) is 0.825. The summed E-state index contributed by atoms with van der Waals surface area (Å²) in [6.45, 7) is 0. The fourth-order valence-corrected chi connectivity index (χ4v) is 5.14. The molecular weight excluding hydrogens is 492 g/mol. The predicted molar refractivity (Wildman–Crippen MR) is 160 cm³/mol. The second-order valence-corrected chi connectivity index (χ2v) is 9.53. The Morgan fingerprint density at radius 2 is 1.25 bits per heavy atom. The monoisotopic (exact) mass is 516 g/mol.